The molecule has 6 heteroatoms. The van der Waals surface area contributed by atoms with Crippen LogP contribution in [-0.2, 0) is 15.9 Å². The highest BCUT2D eigenvalue weighted by molar-refractivity contribution is 7.89. The smallest absolute Gasteiger partial charge is 0.244 e. The van der Waals surface area contributed by atoms with Gasteiger partial charge in [0.15, 0.2) is 0 Å². The molecule has 2 rings (SSSR count). The molecule has 1 atom stereocenters. The molecular formula is C13H21ClN2O2S. The van der Waals surface area contributed by atoms with Gasteiger partial charge in [0.25, 0.3) is 0 Å². The number of hydrogen-bond donors (Lipinski definition) is 0. The minimum absolute atomic E-state index is 0.00581. The molecule has 108 valence electrons. The van der Waals surface area contributed by atoms with Crippen LogP contribution in [0.3, 0.4) is 0 Å². The molecule has 1 saturated carbocycles. The average Bonchev–Trinajstić information content (AvgIpc) is 3.15. The third kappa shape index (κ3) is 2.83. The molecule has 1 unspecified atom stereocenters. The van der Waals surface area contributed by atoms with Gasteiger partial charge in [0.1, 0.15) is 4.90 Å². The van der Waals surface area contributed by atoms with Crippen LogP contribution in [0.2, 0.25) is 0 Å². The van der Waals surface area contributed by atoms with E-state index in [-0.39, 0.29) is 6.04 Å². The Balaban J connectivity index is 2.35. The average molecular weight is 305 g/mol. The topological polar surface area (TPSA) is 42.3 Å². The first-order valence-corrected chi connectivity index (χ1v) is 8.64. The van der Waals surface area contributed by atoms with Gasteiger partial charge in [-0.1, -0.05) is 6.92 Å². The third-order valence-corrected chi connectivity index (χ3v) is 6.08. The number of rotatable bonds is 6. The molecule has 1 aliphatic rings. The van der Waals surface area contributed by atoms with E-state index in [0.29, 0.717) is 16.8 Å². The van der Waals surface area contributed by atoms with Crippen molar-refractivity contribution in [3.05, 3.63) is 18.0 Å². The Morgan fingerprint density at radius 2 is 2.16 bits per heavy atom. The fraction of sp³-hybridized carbons (Fsp3) is 0.692. The lowest BCUT2D eigenvalue weighted by molar-refractivity contribution is 0.380. The summed E-state index contributed by atoms with van der Waals surface area (Å²) in [4.78, 5) is 0.359. The van der Waals surface area contributed by atoms with E-state index in [1.54, 1.807) is 19.3 Å². The summed E-state index contributed by atoms with van der Waals surface area (Å²) in [7, 11) is -1.78. The lowest BCUT2D eigenvalue weighted by Crippen LogP contribution is -2.34. The van der Waals surface area contributed by atoms with Crippen molar-refractivity contribution in [1.82, 2.24) is 8.87 Å². The van der Waals surface area contributed by atoms with Gasteiger partial charge in [-0.3, -0.25) is 0 Å². The Kier molecular flexibility index (Phi) is 4.28. The van der Waals surface area contributed by atoms with Gasteiger partial charge in [0.05, 0.1) is 5.88 Å². The van der Waals surface area contributed by atoms with Gasteiger partial charge in [-0.05, 0) is 32.3 Å². The Labute approximate surface area is 120 Å². The Morgan fingerprint density at radius 3 is 2.63 bits per heavy atom. The van der Waals surface area contributed by atoms with Gasteiger partial charge >= 0.3 is 0 Å². The molecule has 0 spiro atoms. The first kappa shape index (κ1) is 14.9. The number of aromatic nitrogens is 1. The second kappa shape index (κ2) is 5.46. The van der Waals surface area contributed by atoms with Crippen molar-refractivity contribution in [2.45, 2.75) is 56.0 Å². The number of halogens is 1. The highest BCUT2D eigenvalue weighted by atomic mass is 35.5. The van der Waals surface area contributed by atoms with E-state index in [9.17, 15) is 8.42 Å². The van der Waals surface area contributed by atoms with Gasteiger partial charge in [-0.25, -0.2) is 8.42 Å². The van der Waals surface area contributed by atoms with Crippen molar-refractivity contribution in [2.24, 2.45) is 0 Å². The molecule has 4 nitrogen and oxygen atoms in total. The fourth-order valence-corrected chi connectivity index (χ4v) is 3.80. The summed E-state index contributed by atoms with van der Waals surface area (Å²) in [5.41, 5.74) is 0.889. The minimum atomic E-state index is -3.41. The van der Waals surface area contributed by atoms with Crippen LogP contribution in [0.25, 0.3) is 0 Å². The van der Waals surface area contributed by atoms with Crippen LogP contribution in [0.15, 0.2) is 17.2 Å². The standard InChI is InChI=1S/C13H21ClN2O2S/c1-4-10(2)15(3)19(17,18)13-7-12(8-14)16(9-13)11-5-6-11/h7,9-11H,4-6,8H2,1-3H3. The molecule has 1 heterocycles. The summed E-state index contributed by atoms with van der Waals surface area (Å²) < 4.78 is 28.5. The van der Waals surface area contributed by atoms with Gasteiger partial charge in [-0.15, -0.1) is 11.6 Å². The summed E-state index contributed by atoms with van der Waals surface area (Å²) in [5, 5.41) is 0. The van der Waals surface area contributed by atoms with Crippen LogP contribution in [0.4, 0.5) is 0 Å². The fourth-order valence-electron chi connectivity index (χ4n) is 2.10. The van der Waals surface area contributed by atoms with E-state index in [4.69, 9.17) is 11.6 Å². The molecule has 0 radical (unpaired) electrons. The normalized spacial score (nSPS) is 17.9. The molecule has 0 aromatic carbocycles. The van der Waals surface area contributed by atoms with E-state index in [2.05, 4.69) is 0 Å². The van der Waals surface area contributed by atoms with Gasteiger partial charge in [0.2, 0.25) is 10.0 Å². The first-order chi connectivity index (χ1) is 8.91. The Bertz CT molecular complexity index is 549. The van der Waals surface area contributed by atoms with E-state index in [1.807, 2.05) is 18.4 Å². The van der Waals surface area contributed by atoms with E-state index in [1.165, 1.54) is 4.31 Å². The van der Waals surface area contributed by atoms with E-state index < -0.39 is 10.0 Å². The van der Waals surface area contributed by atoms with Crippen molar-refractivity contribution in [2.75, 3.05) is 7.05 Å². The quantitative estimate of drug-likeness (QED) is 0.758. The maximum absolute atomic E-state index is 12.5. The number of nitrogens with zero attached hydrogens (tertiary/aromatic N) is 2. The molecule has 0 aliphatic heterocycles. The van der Waals surface area contributed by atoms with Crippen LogP contribution in [0.5, 0.6) is 0 Å². The lowest BCUT2D eigenvalue weighted by Gasteiger charge is -2.22. The van der Waals surface area contributed by atoms with E-state index >= 15 is 0 Å². The summed E-state index contributed by atoms with van der Waals surface area (Å²) in [6.07, 6.45) is 4.75. The molecule has 0 N–H and O–H groups in total. The summed E-state index contributed by atoms with van der Waals surface area (Å²) in [5.74, 6) is 0.346. The molecule has 1 aromatic heterocycles. The van der Waals surface area contributed by atoms with Crippen molar-refractivity contribution >= 4 is 21.6 Å². The van der Waals surface area contributed by atoms with Crippen molar-refractivity contribution in [3.63, 3.8) is 0 Å². The number of alkyl halides is 1. The highest BCUT2D eigenvalue weighted by Gasteiger charge is 2.30. The van der Waals surface area contributed by atoms with Crippen LogP contribution in [0, 0.1) is 0 Å². The second-order valence-corrected chi connectivity index (χ2v) is 7.48. The maximum atomic E-state index is 12.5. The predicted octanol–water partition coefficient (Wildman–Crippen LogP) is 2.98. The summed E-state index contributed by atoms with van der Waals surface area (Å²) >= 11 is 5.91. The number of hydrogen-bond acceptors (Lipinski definition) is 2. The molecule has 1 fully saturated rings. The summed E-state index contributed by atoms with van der Waals surface area (Å²) in [6.45, 7) is 3.90. The van der Waals surface area contributed by atoms with Gasteiger partial charge < -0.3 is 4.57 Å². The predicted molar refractivity (Wildman–Crippen MR) is 77.0 cm³/mol. The van der Waals surface area contributed by atoms with Crippen molar-refractivity contribution in [3.8, 4) is 0 Å². The lowest BCUT2D eigenvalue weighted by atomic mass is 10.3. The monoisotopic (exact) mass is 304 g/mol. The molecule has 1 aromatic rings. The van der Waals surface area contributed by atoms with Crippen LogP contribution in [-0.4, -0.2) is 30.4 Å². The highest BCUT2D eigenvalue weighted by Crippen LogP contribution is 2.38. The van der Waals surface area contributed by atoms with Gasteiger partial charge in [0, 0.05) is 31.0 Å². The minimum Gasteiger partial charge on any atom is -0.346 e. The molecule has 0 bridgehead atoms. The number of sulfonamides is 1. The van der Waals surface area contributed by atoms with Gasteiger partial charge in [-0.2, -0.15) is 4.31 Å². The first-order valence-electron chi connectivity index (χ1n) is 6.66. The van der Waals surface area contributed by atoms with E-state index in [0.717, 1.165) is 25.0 Å². The molecular weight excluding hydrogens is 284 g/mol. The Hall–Kier alpha value is -0.520. The molecule has 0 saturated heterocycles. The zero-order valence-corrected chi connectivity index (χ0v) is 13.2. The summed E-state index contributed by atoms with van der Waals surface area (Å²) in [6, 6.07) is 2.14. The van der Waals surface area contributed by atoms with Crippen LogP contribution in [0.1, 0.15) is 44.8 Å². The molecule has 1 aliphatic carbocycles. The SMILES string of the molecule is CCC(C)N(C)S(=O)(=O)c1cc(CCl)n(C2CC2)c1. The van der Waals surface area contributed by atoms with Crippen LogP contribution < -0.4 is 0 Å². The Morgan fingerprint density at radius 1 is 1.53 bits per heavy atom. The van der Waals surface area contributed by atoms with Crippen molar-refractivity contribution < 1.29 is 8.42 Å². The zero-order chi connectivity index (χ0) is 14.2. The second-order valence-electron chi connectivity index (χ2n) is 5.22. The van der Waals surface area contributed by atoms with Crippen molar-refractivity contribution in [1.29, 1.82) is 0 Å². The third-order valence-electron chi connectivity index (χ3n) is 3.87. The largest absolute Gasteiger partial charge is 0.346 e. The van der Waals surface area contributed by atoms with Crippen LogP contribution >= 0.6 is 11.6 Å². The molecule has 19 heavy (non-hydrogen) atoms. The molecule has 0 amide bonds. The zero-order valence-electron chi connectivity index (χ0n) is 11.6. The maximum Gasteiger partial charge on any atom is 0.244 e.